The Morgan fingerprint density at radius 2 is 1.93 bits per heavy atom. The Hall–Kier alpha value is -1.24. The maximum Gasteiger partial charge on any atom is 0.376 e. The van der Waals surface area contributed by atoms with E-state index in [4.69, 9.17) is 5.73 Å². The summed E-state index contributed by atoms with van der Waals surface area (Å²) < 4.78 is 0.528. The summed E-state index contributed by atoms with van der Waals surface area (Å²) in [6, 6.07) is 0. The third-order valence-electron chi connectivity index (χ3n) is 3.23. The molecule has 1 aliphatic rings. The summed E-state index contributed by atoms with van der Waals surface area (Å²) in [5.41, 5.74) is 6.69. The summed E-state index contributed by atoms with van der Waals surface area (Å²) >= 11 is 0. The maximum absolute atomic E-state index is 12.1. The van der Waals surface area contributed by atoms with Crippen molar-refractivity contribution in [1.82, 2.24) is 14.5 Å². The predicted octanol–water partition coefficient (Wildman–Crippen LogP) is -0.551. The number of amides is 1. The summed E-state index contributed by atoms with van der Waals surface area (Å²) in [6.07, 6.45) is 1.20. The summed E-state index contributed by atoms with van der Waals surface area (Å²) in [6.45, 7) is 0. The van der Waals surface area contributed by atoms with E-state index in [1.807, 2.05) is 28.2 Å². The molecular weight excluding hydrogens is 194 g/mol. The molecule has 0 bridgehead atoms. The van der Waals surface area contributed by atoms with Crippen molar-refractivity contribution in [1.29, 1.82) is 0 Å². The van der Waals surface area contributed by atoms with Crippen molar-refractivity contribution >= 4 is 11.7 Å². The molecule has 6 nitrogen and oxygen atoms in total. The first-order valence-electron chi connectivity index (χ1n) is 4.81. The lowest BCUT2D eigenvalue weighted by Gasteiger charge is -2.44. The second-order valence-corrected chi connectivity index (χ2v) is 4.90. The number of nitrogens with two attached hydrogens (primary N) is 1. The summed E-state index contributed by atoms with van der Waals surface area (Å²) in [5.74, 6) is 0.692. The Morgan fingerprint density at radius 3 is 2.53 bits per heavy atom. The van der Waals surface area contributed by atoms with Crippen molar-refractivity contribution in [3.8, 4) is 0 Å². The lowest BCUT2D eigenvalue weighted by Crippen LogP contribution is -2.74. The zero-order valence-electron chi connectivity index (χ0n) is 9.48. The van der Waals surface area contributed by atoms with Crippen molar-refractivity contribution in [2.45, 2.75) is 6.29 Å². The normalized spacial score (nSPS) is 27.5. The fraction of sp³-hybridized carbons (Fsp3) is 0.556. The van der Waals surface area contributed by atoms with E-state index >= 15 is 0 Å². The number of carbonyl (C=O) groups excluding carboxylic acids is 1. The van der Waals surface area contributed by atoms with E-state index in [-0.39, 0.29) is 16.7 Å². The van der Waals surface area contributed by atoms with Crippen molar-refractivity contribution in [2.24, 2.45) is 5.73 Å². The smallest absolute Gasteiger partial charge is 0.332 e. The Labute approximate surface area is 88.5 Å². The first-order valence-corrected chi connectivity index (χ1v) is 4.81. The molecule has 0 aliphatic carbocycles. The fourth-order valence-electron chi connectivity index (χ4n) is 2.14. The van der Waals surface area contributed by atoms with Gasteiger partial charge < -0.3 is 4.98 Å². The number of aromatic amines is 1. The van der Waals surface area contributed by atoms with Gasteiger partial charge in [-0.15, -0.1) is 0 Å². The van der Waals surface area contributed by atoms with Crippen LogP contribution in [0.25, 0.3) is 0 Å². The molecule has 0 fully saturated rings. The first-order chi connectivity index (χ1) is 6.79. The number of aromatic nitrogens is 2. The van der Waals surface area contributed by atoms with Crippen molar-refractivity contribution in [2.75, 3.05) is 28.2 Å². The maximum atomic E-state index is 12.1. The average molecular weight is 211 g/mol. The fourth-order valence-corrected chi connectivity index (χ4v) is 2.14. The zero-order chi connectivity index (χ0) is 11.4. The van der Waals surface area contributed by atoms with Crippen LogP contribution in [-0.2, 0) is 0 Å². The van der Waals surface area contributed by atoms with Gasteiger partial charge in [0.05, 0.1) is 34.5 Å². The third-order valence-corrected chi connectivity index (χ3v) is 3.23. The number of rotatable bonds is 0. The highest BCUT2D eigenvalue weighted by atomic mass is 16.2. The number of H-pyrrole nitrogens is 1. The molecule has 1 aromatic heterocycles. The quantitative estimate of drug-likeness (QED) is 0.566. The van der Waals surface area contributed by atoms with Crippen molar-refractivity contribution < 1.29 is 9.28 Å². The van der Waals surface area contributed by atoms with E-state index in [2.05, 4.69) is 9.97 Å². The largest absolute Gasteiger partial charge is 0.376 e. The highest BCUT2D eigenvalue weighted by molar-refractivity contribution is 5.93. The zero-order valence-corrected chi connectivity index (χ0v) is 9.48. The molecule has 1 aromatic rings. The van der Waals surface area contributed by atoms with Gasteiger partial charge in [-0.1, -0.05) is 0 Å². The molecule has 6 heteroatoms. The highest BCUT2D eigenvalue weighted by Crippen LogP contribution is 2.32. The second-order valence-electron chi connectivity index (χ2n) is 4.90. The standard InChI is InChI=1S/C9H16N5O/c1-13(2)7-6(11-5-12-7)8(15)14(3,4)9(13)10/h5,9H,10H2,1-4H3/q+1/p+1. The molecule has 1 amide bonds. The van der Waals surface area contributed by atoms with Crippen LogP contribution in [0.4, 0.5) is 5.82 Å². The van der Waals surface area contributed by atoms with Crippen LogP contribution < -0.4 is 10.2 Å². The van der Waals surface area contributed by atoms with Crippen LogP contribution in [0.3, 0.4) is 0 Å². The molecule has 0 radical (unpaired) electrons. The first kappa shape index (κ1) is 10.3. The van der Waals surface area contributed by atoms with Crippen LogP contribution in [0, 0.1) is 0 Å². The minimum Gasteiger partial charge on any atom is -0.332 e. The van der Waals surface area contributed by atoms with Gasteiger partial charge in [0.2, 0.25) is 5.69 Å². The van der Waals surface area contributed by atoms with Gasteiger partial charge in [0.25, 0.3) is 12.1 Å². The number of hydrogen-bond donors (Lipinski definition) is 2. The van der Waals surface area contributed by atoms with Gasteiger partial charge in [-0.2, -0.15) is 9.47 Å². The van der Waals surface area contributed by atoms with Crippen LogP contribution in [0.2, 0.25) is 0 Å². The number of imidazole rings is 1. The third kappa shape index (κ3) is 1.09. The summed E-state index contributed by atoms with van der Waals surface area (Å²) in [4.78, 5) is 19.2. The molecule has 1 aliphatic heterocycles. The van der Waals surface area contributed by atoms with Crippen LogP contribution >= 0.6 is 0 Å². The van der Waals surface area contributed by atoms with E-state index in [0.717, 1.165) is 0 Å². The SMILES string of the molecule is C[N+]1(C)C(=O)c2[nH]cnc2[N+](C)(C)C1N. The molecular formula is C9H17N5O+2. The molecule has 1 unspecified atom stereocenters. The van der Waals surface area contributed by atoms with Gasteiger partial charge in [-0.25, -0.2) is 15.0 Å². The molecule has 3 N–H and O–H groups in total. The Kier molecular flexibility index (Phi) is 1.82. The van der Waals surface area contributed by atoms with E-state index < -0.39 is 0 Å². The number of quaternary nitrogens is 2. The van der Waals surface area contributed by atoms with Gasteiger partial charge in [0.1, 0.15) is 0 Å². The van der Waals surface area contributed by atoms with Gasteiger partial charge in [-0.3, -0.25) is 0 Å². The summed E-state index contributed by atoms with van der Waals surface area (Å²) in [7, 11) is 7.54. The Balaban J connectivity index is 2.69. The van der Waals surface area contributed by atoms with E-state index in [1.165, 1.54) is 0 Å². The van der Waals surface area contributed by atoms with E-state index in [9.17, 15) is 4.79 Å². The predicted molar refractivity (Wildman–Crippen MR) is 56.6 cm³/mol. The minimum absolute atomic E-state index is 0.0209. The van der Waals surface area contributed by atoms with Crippen LogP contribution in [0.5, 0.6) is 0 Å². The van der Waals surface area contributed by atoms with Crippen molar-refractivity contribution in [3.05, 3.63) is 12.0 Å². The molecule has 2 rings (SSSR count). The summed E-state index contributed by atoms with van der Waals surface area (Å²) in [5, 5.41) is 0. The second kappa shape index (κ2) is 2.66. The molecule has 1 atom stereocenters. The average Bonchev–Trinajstić information content (AvgIpc) is 2.62. The van der Waals surface area contributed by atoms with Crippen LogP contribution in [0.1, 0.15) is 10.5 Å². The van der Waals surface area contributed by atoms with Gasteiger partial charge in [0, 0.05) is 0 Å². The lowest BCUT2D eigenvalue weighted by molar-refractivity contribution is -0.848. The number of nitrogens with one attached hydrogen (secondary N) is 1. The van der Waals surface area contributed by atoms with E-state index in [1.54, 1.807) is 6.33 Å². The van der Waals surface area contributed by atoms with Crippen molar-refractivity contribution in [3.63, 3.8) is 0 Å². The van der Waals surface area contributed by atoms with Gasteiger partial charge in [-0.05, 0) is 0 Å². The van der Waals surface area contributed by atoms with Gasteiger partial charge >= 0.3 is 5.91 Å². The van der Waals surface area contributed by atoms with Crippen LogP contribution in [-0.4, -0.2) is 54.8 Å². The molecule has 0 aromatic carbocycles. The topological polar surface area (TPSA) is 71.8 Å². The van der Waals surface area contributed by atoms with E-state index in [0.29, 0.717) is 16.0 Å². The Morgan fingerprint density at radius 1 is 1.33 bits per heavy atom. The monoisotopic (exact) mass is 211 g/mol. The molecule has 0 saturated carbocycles. The number of fused-ring (bicyclic) bond motifs is 1. The molecule has 2 heterocycles. The number of hydrogen-bond acceptors (Lipinski definition) is 3. The molecule has 0 saturated heterocycles. The number of nitrogens with zero attached hydrogens (tertiary/aromatic N) is 3. The highest BCUT2D eigenvalue weighted by Gasteiger charge is 2.54. The van der Waals surface area contributed by atoms with Crippen LogP contribution in [0.15, 0.2) is 6.33 Å². The van der Waals surface area contributed by atoms with Gasteiger partial charge in [0.15, 0.2) is 0 Å². The Bertz CT molecular complexity index is 420. The lowest BCUT2D eigenvalue weighted by atomic mass is 10.2. The molecule has 15 heavy (non-hydrogen) atoms. The molecule has 0 spiro atoms. The minimum atomic E-state index is -0.340. The molecule has 82 valence electrons. The number of carbonyl (C=O) groups is 1.